The van der Waals surface area contributed by atoms with Gasteiger partial charge in [0.15, 0.2) is 6.10 Å². The molecule has 10 heteroatoms. The van der Waals surface area contributed by atoms with E-state index in [-0.39, 0.29) is 26.1 Å². The second kappa shape index (κ2) is 36.6. The Morgan fingerprint density at radius 1 is 0.593 bits per heavy atom. The molecule has 314 valence electrons. The van der Waals surface area contributed by atoms with Gasteiger partial charge in [0.1, 0.15) is 19.8 Å². The third-order valence-electron chi connectivity index (χ3n) is 8.96. The van der Waals surface area contributed by atoms with Crippen molar-refractivity contribution < 1.29 is 42.1 Å². The Kier molecular flexibility index (Phi) is 35.2. The Morgan fingerprint density at radius 3 is 1.57 bits per heavy atom. The molecule has 0 aliphatic carbocycles. The Labute approximate surface area is 331 Å². The van der Waals surface area contributed by atoms with E-state index in [2.05, 4.69) is 32.1 Å². The second-order valence-electron chi connectivity index (χ2n) is 15.4. The van der Waals surface area contributed by atoms with Crippen LogP contribution in [0.2, 0.25) is 0 Å². The predicted octanol–water partition coefficient (Wildman–Crippen LogP) is 11.3. The maximum absolute atomic E-state index is 12.7. The van der Waals surface area contributed by atoms with Gasteiger partial charge < -0.3 is 27.9 Å². The number of hydrogen-bond donors (Lipinski definition) is 0. The zero-order chi connectivity index (χ0) is 40.0. The van der Waals surface area contributed by atoms with E-state index >= 15 is 0 Å². The van der Waals surface area contributed by atoms with Crippen molar-refractivity contribution in [2.24, 2.45) is 0 Å². The highest BCUT2D eigenvalue weighted by Gasteiger charge is 2.21. The molecule has 0 fully saturated rings. The van der Waals surface area contributed by atoms with Crippen molar-refractivity contribution in [1.82, 2.24) is 0 Å². The zero-order valence-corrected chi connectivity index (χ0v) is 36.0. The van der Waals surface area contributed by atoms with Crippen LogP contribution >= 0.6 is 7.82 Å². The summed E-state index contributed by atoms with van der Waals surface area (Å²) in [7, 11) is 1.15. The topological polar surface area (TPSA) is 111 Å². The summed E-state index contributed by atoms with van der Waals surface area (Å²) < 4.78 is 33.8. The van der Waals surface area contributed by atoms with Crippen molar-refractivity contribution in [3.8, 4) is 0 Å². The van der Waals surface area contributed by atoms with Gasteiger partial charge in [-0.2, -0.15) is 0 Å². The highest BCUT2D eigenvalue weighted by atomic mass is 31.2. The summed E-state index contributed by atoms with van der Waals surface area (Å²) in [6.45, 7) is 4.06. The zero-order valence-electron chi connectivity index (χ0n) is 35.2. The molecule has 0 saturated heterocycles. The molecule has 0 N–H and O–H groups in total. The summed E-state index contributed by atoms with van der Waals surface area (Å²) in [5.41, 5.74) is 0. The monoisotopic (exact) mass is 782 g/mol. The normalized spacial score (nSPS) is 14.1. The highest BCUT2D eigenvalue weighted by molar-refractivity contribution is 7.45. The summed E-state index contributed by atoms with van der Waals surface area (Å²) in [6, 6.07) is 0. The number of rotatable bonds is 38. The van der Waals surface area contributed by atoms with Gasteiger partial charge in [-0.3, -0.25) is 14.2 Å². The standard InChI is InChI=1S/C44H80NO8P/c1-6-8-10-12-14-16-18-20-22-24-26-28-30-32-34-36-43(46)50-40-42(41-52-54(48,49)51-39-38-45(3,4)5)53-44(47)37-35-33-31-29-27-25-23-21-19-17-15-13-11-9-7-2/h8,10,12,14,16,18,20,22,42H,6-7,9,11,13,15,17,19,21,23-41H2,1-5H3/b10-8+,14-12+,18-16+,22-20+/t42-/m1/s1. The first kappa shape index (κ1) is 52.0. The molecule has 54 heavy (non-hydrogen) atoms. The maximum atomic E-state index is 12.7. The van der Waals surface area contributed by atoms with Crippen LogP contribution in [0.4, 0.5) is 0 Å². The minimum absolute atomic E-state index is 0.0355. The molecule has 0 aromatic rings. The van der Waals surface area contributed by atoms with Gasteiger partial charge in [-0.25, -0.2) is 0 Å². The molecular formula is C44H80NO8P. The Balaban J connectivity index is 4.41. The van der Waals surface area contributed by atoms with Gasteiger partial charge >= 0.3 is 11.9 Å². The van der Waals surface area contributed by atoms with Crippen molar-refractivity contribution in [2.45, 2.75) is 174 Å². The molecule has 0 aliphatic rings. The van der Waals surface area contributed by atoms with Crippen molar-refractivity contribution in [3.63, 3.8) is 0 Å². The molecule has 9 nitrogen and oxygen atoms in total. The first-order chi connectivity index (χ1) is 26.0. The van der Waals surface area contributed by atoms with Crippen LogP contribution in [0.1, 0.15) is 168 Å². The lowest BCUT2D eigenvalue weighted by molar-refractivity contribution is -0.870. The Bertz CT molecular complexity index is 1070. The molecule has 0 aliphatic heterocycles. The summed E-state index contributed by atoms with van der Waals surface area (Å²) in [5.74, 6) is -0.861. The summed E-state index contributed by atoms with van der Waals surface area (Å²) in [4.78, 5) is 37.5. The maximum Gasteiger partial charge on any atom is 0.306 e. The largest absolute Gasteiger partial charge is 0.756 e. The quantitative estimate of drug-likeness (QED) is 0.0200. The molecule has 0 bridgehead atoms. The molecule has 0 spiro atoms. The number of unbranched alkanes of at least 4 members (excludes halogenated alkanes) is 19. The number of esters is 2. The third kappa shape index (κ3) is 39.7. The van der Waals surface area contributed by atoms with Crippen LogP contribution in [-0.4, -0.2) is 70.0 Å². The van der Waals surface area contributed by atoms with Crippen molar-refractivity contribution in [1.29, 1.82) is 0 Å². The van der Waals surface area contributed by atoms with Crippen LogP contribution < -0.4 is 4.89 Å². The van der Waals surface area contributed by atoms with E-state index in [0.717, 1.165) is 57.8 Å². The van der Waals surface area contributed by atoms with Gasteiger partial charge in [0.2, 0.25) is 0 Å². The molecule has 0 aromatic heterocycles. The molecule has 1 unspecified atom stereocenters. The lowest BCUT2D eigenvalue weighted by Crippen LogP contribution is -2.37. The first-order valence-electron chi connectivity index (χ1n) is 21.4. The van der Waals surface area contributed by atoms with Crippen LogP contribution in [-0.2, 0) is 32.7 Å². The number of likely N-dealkylation sites (N-methyl/N-ethyl adjacent to an activating group) is 1. The molecular weight excluding hydrogens is 701 g/mol. The molecule has 0 saturated carbocycles. The predicted molar refractivity (Wildman–Crippen MR) is 222 cm³/mol. The number of nitrogens with zero attached hydrogens (tertiary/aromatic N) is 1. The number of phosphoric acid groups is 1. The summed E-state index contributed by atoms with van der Waals surface area (Å²) in [6.07, 6.45) is 41.3. The molecule has 0 heterocycles. The number of hydrogen-bond acceptors (Lipinski definition) is 8. The average molecular weight is 782 g/mol. The fraction of sp³-hybridized carbons (Fsp3) is 0.773. The van der Waals surface area contributed by atoms with Gasteiger partial charge in [-0.15, -0.1) is 0 Å². The first-order valence-corrected chi connectivity index (χ1v) is 22.9. The summed E-state index contributed by atoms with van der Waals surface area (Å²) in [5, 5.41) is 0. The smallest absolute Gasteiger partial charge is 0.306 e. The van der Waals surface area contributed by atoms with E-state index in [9.17, 15) is 19.0 Å². The van der Waals surface area contributed by atoms with Crippen molar-refractivity contribution in [2.75, 3.05) is 47.5 Å². The Hall–Kier alpha value is -2.03. The number of carbonyl (C=O) groups excluding carboxylic acids is 2. The van der Waals surface area contributed by atoms with Crippen LogP contribution in [0, 0.1) is 0 Å². The van der Waals surface area contributed by atoms with E-state index in [1.54, 1.807) is 0 Å². The van der Waals surface area contributed by atoms with Gasteiger partial charge in [-0.05, 0) is 32.1 Å². The lowest BCUT2D eigenvalue weighted by Gasteiger charge is -2.28. The fourth-order valence-electron chi connectivity index (χ4n) is 5.61. The number of carbonyl (C=O) groups is 2. The van der Waals surface area contributed by atoms with E-state index < -0.39 is 32.5 Å². The van der Waals surface area contributed by atoms with Crippen LogP contribution in [0.25, 0.3) is 0 Å². The third-order valence-corrected chi connectivity index (χ3v) is 9.92. The molecule has 0 aromatic carbocycles. The number of quaternary nitrogens is 1. The van der Waals surface area contributed by atoms with Gasteiger partial charge in [0.05, 0.1) is 27.7 Å². The van der Waals surface area contributed by atoms with Crippen molar-refractivity contribution in [3.05, 3.63) is 48.6 Å². The minimum Gasteiger partial charge on any atom is -0.756 e. The highest BCUT2D eigenvalue weighted by Crippen LogP contribution is 2.38. The minimum atomic E-state index is -4.63. The molecule has 2 atom stereocenters. The fourth-order valence-corrected chi connectivity index (χ4v) is 6.33. The van der Waals surface area contributed by atoms with Crippen LogP contribution in [0.15, 0.2) is 48.6 Å². The average Bonchev–Trinajstić information content (AvgIpc) is 3.12. The Morgan fingerprint density at radius 2 is 1.06 bits per heavy atom. The van der Waals surface area contributed by atoms with Crippen LogP contribution in [0.5, 0.6) is 0 Å². The van der Waals surface area contributed by atoms with E-state index in [1.807, 2.05) is 51.5 Å². The van der Waals surface area contributed by atoms with Crippen LogP contribution in [0.3, 0.4) is 0 Å². The van der Waals surface area contributed by atoms with E-state index in [0.29, 0.717) is 23.9 Å². The van der Waals surface area contributed by atoms with E-state index in [4.69, 9.17) is 18.5 Å². The number of phosphoric ester groups is 1. The van der Waals surface area contributed by atoms with Gasteiger partial charge in [-0.1, -0.05) is 172 Å². The number of allylic oxidation sites excluding steroid dienone is 8. The SMILES string of the molecule is CC/C=C/C=C/C=C/C=C/CCCCCCCC(=O)OC[C@H](COP(=O)([O-])OCC[N+](C)(C)C)OC(=O)CCCCCCCCCCCCCCCCC. The van der Waals surface area contributed by atoms with Crippen molar-refractivity contribution >= 4 is 19.8 Å². The second-order valence-corrected chi connectivity index (χ2v) is 16.8. The van der Waals surface area contributed by atoms with E-state index in [1.165, 1.54) is 70.6 Å². The molecule has 0 rings (SSSR count). The molecule has 0 amide bonds. The molecule has 0 radical (unpaired) electrons. The summed E-state index contributed by atoms with van der Waals surface area (Å²) >= 11 is 0. The number of ether oxygens (including phenoxy) is 2. The van der Waals surface area contributed by atoms with Gasteiger partial charge in [0, 0.05) is 12.8 Å². The lowest BCUT2D eigenvalue weighted by atomic mass is 10.0. The van der Waals surface area contributed by atoms with Gasteiger partial charge in [0.25, 0.3) is 7.82 Å².